The second-order valence-electron chi connectivity index (χ2n) is 21.8. The molecule has 0 unspecified atom stereocenters. The molecule has 5 aliphatic rings. The maximum absolute atomic E-state index is 14.9. The van der Waals surface area contributed by atoms with Crippen LogP contribution in [0, 0.1) is 17.3 Å². The van der Waals surface area contributed by atoms with Gasteiger partial charge in [0.25, 0.3) is 5.91 Å². The van der Waals surface area contributed by atoms with Crippen LogP contribution >= 0.6 is 0 Å². The number of fused-ring (bicyclic) bond motifs is 5. The van der Waals surface area contributed by atoms with Crippen LogP contribution in [0.3, 0.4) is 0 Å². The number of carbonyl (C=O) groups excluding carboxylic acids is 5. The first kappa shape index (κ1) is 56.6. The van der Waals surface area contributed by atoms with Crippen LogP contribution in [0.2, 0.25) is 0 Å². The molecule has 77 heavy (non-hydrogen) atoms. The van der Waals surface area contributed by atoms with Crippen molar-refractivity contribution in [2.45, 2.75) is 122 Å². The zero-order valence-corrected chi connectivity index (χ0v) is 45.5. The lowest BCUT2D eigenvalue weighted by Gasteiger charge is -2.67. The summed E-state index contributed by atoms with van der Waals surface area (Å²) in [7, 11) is 0.554. The molecule has 10 N–H and O–H groups in total. The van der Waals surface area contributed by atoms with Gasteiger partial charge in [-0.3, -0.25) is 29.0 Å². The second-order valence-corrected chi connectivity index (χ2v) is 21.8. The van der Waals surface area contributed by atoms with E-state index in [1.54, 1.807) is 49.4 Å². The number of carbonyl (C=O) groups is 5. The molecule has 4 fully saturated rings. The third-order valence-corrected chi connectivity index (χ3v) is 16.4. The number of nitrogens with one attached hydrogen (secondary N) is 4. The predicted octanol–water partition coefficient (Wildman–Crippen LogP) is 4.64. The van der Waals surface area contributed by atoms with Crippen molar-refractivity contribution in [2.24, 2.45) is 39.4 Å². The second kappa shape index (κ2) is 23.5. The molecule has 2 aliphatic heterocycles. The number of nitrogens with zero attached hydrogens (tertiary/aromatic N) is 2. The fraction of sp³-hybridized carbons (Fsp3) is 0.483. The lowest BCUT2D eigenvalue weighted by Crippen LogP contribution is -2.70. The molecule has 9 rings (SSSR count). The summed E-state index contributed by atoms with van der Waals surface area (Å²) >= 11 is 0. The molecule has 2 heterocycles. The van der Waals surface area contributed by atoms with Gasteiger partial charge in [0.1, 0.15) is 54.5 Å². The predicted molar refractivity (Wildman–Crippen MR) is 297 cm³/mol. The molecular weight excluding hydrogens is 978 g/mol. The Morgan fingerprint density at radius 1 is 0.870 bits per heavy atom. The molecule has 0 aromatic heterocycles. The SMILES string of the molecule is C=N[C@@]12C[C@@H]3C[C@@H](C3(C)C)[C@]1(C)OB([C@H](C)NC(=O)[C@@H]1Cc3ccc(OCCN)c(c3)-c3cc(ccc3OCCN)[C@H](N(C)C(=O)[C@H](CN)NC(=O)c3ccc(-c4ccc(CCCC)cc4)cc3)C(=O)N[C@@H](C)C(=O)N1)O2. The highest BCUT2D eigenvalue weighted by molar-refractivity contribution is 6.48. The summed E-state index contributed by atoms with van der Waals surface area (Å²) in [6, 6.07) is 20.7. The Hall–Kier alpha value is -6.64. The first-order valence-electron chi connectivity index (χ1n) is 27.0. The summed E-state index contributed by atoms with van der Waals surface area (Å²) < 4.78 is 25.8. The third-order valence-electron chi connectivity index (χ3n) is 16.4. The summed E-state index contributed by atoms with van der Waals surface area (Å²) in [4.78, 5) is 78.0. The summed E-state index contributed by atoms with van der Waals surface area (Å²) in [5.74, 6) is -2.51. The van der Waals surface area contributed by atoms with Crippen LogP contribution in [0.5, 0.6) is 11.5 Å². The van der Waals surface area contributed by atoms with Gasteiger partial charge in [0, 0.05) is 56.2 Å². The van der Waals surface area contributed by atoms with Gasteiger partial charge in [0.15, 0.2) is 5.72 Å². The third kappa shape index (κ3) is 11.4. The first-order valence-corrected chi connectivity index (χ1v) is 27.0. The summed E-state index contributed by atoms with van der Waals surface area (Å²) in [5, 5.41) is 11.5. The number of hydrogen-bond donors (Lipinski definition) is 7. The number of nitrogens with two attached hydrogens (primary N) is 3. The molecule has 19 heteroatoms. The molecule has 0 radical (unpaired) electrons. The van der Waals surface area contributed by atoms with Crippen molar-refractivity contribution in [3.63, 3.8) is 0 Å². The fourth-order valence-electron chi connectivity index (χ4n) is 11.7. The molecule has 0 spiro atoms. The van der Waals surface area contributed by atoms with E-state index in [4.69, 9.17) is 36.0 Å². The molecule has 1 saturated heterocycles. The lowest BCUT2D eigenvalue weighted by atomic mass is 9.42. The number of ether oxygens (including phenoxy) is 2. The summed E-state index contributed by atoms with van der Waals surface area (Å²) in [6.07, 6.45) is 4.88. The van der Waals surface area contributed by atoms with E-state index in [1.165, 1.54) is 24.4 Å². The van der Waals surface area contributed by atoms with Crippen LogP contribution in [-0.4, -0.2) is 124 Å². The fourth-order valence-corrected chi connectivity index (χ4v) is 11.7. The zero-order valence-electron chi connectivity index (χ0n) is 45.5. The zero-order chi connectivity index (χ0) is 55.4. The van der Waals surface area contributed by atoms with Gasteiger partial charge in [0.2, 0.25) is 23.6 Å². The van der Waals surface area contributed by atoms with Gasteiger partial charge in [0.05, 0.1) is 5.94 Å². The van der Waals surface area contributed by atoms with Crippen LogP contribution in [0.15, 0.2) is 89.9 Å². The van der Waals surface area contributed by atoms with Crippen molar-refractivity contribution in [1.29, 1.82) is 0 Å². The van der Waals surface area contributed by atoms with Crippen LogP contribution in [0.4, 0.5) is 0 Å². The number of unbranched alkanes of at least 4 members (excludes halogenated alkanes) is 1. The molecule has 3 aliphatic carbocycles. The van der Waals surface area contributed by atoms with E-state index in [-0.39, 0.29) is 50.6 Å². The van der Waals surface area contributed by atoms with Crippen molar-refractivity contribution in [3.8, 4) is 33.8 Å². The molecule has 5 amide bonds. The molecular formula is C58H76BN9O9. The van der Waals surface area contributed by atoms with Gasteiger partial charge < -0.3 is 62.2 Å². The van der Waals surface area contributed by atoms with Gasteiger partial charge in [-0.05, 0) is 128 Å². The minimum atomic E-state index is -1.40. The quantitative estimate of drug-likeness (QED) is 0.0501. The van der Waals surface area contributed by atoms with E-state index in [0.29, 0.717) is 51.7 Å². The normalized spacial score (nSPS) is 25.1. The number of amides is 5. The van der Waals surface area contributed by atoms with Crippen LogP contribution < -0.4 is 47.9 Å². The minimum Gasteiger partial charge on any atom is -0.492 e. The van der Waals surface area contributed by atoms with Crippen molar-refractivity contribution >= 4 is 43.4 Å². The molecule has 18 nitrogen and oxygen atoms in total. The van der Waals surface area contributed by atoms with Gasteiger partial charge in [-0.2, -0.15) is 0 Å². The highest BCUT2D eigenvalue weighted by Gasteiger charge is 2.75. The number of aliphatic imine (C=N–C) groups is 1. The number of benzene rings is 4. The maximum atomic E-state index is 14.9. The smallest absolute Gasteiger partial charge is 0.482 e. The van der Waals surface area contributed by atoms with Crippen LogP contribution in [0.1, 0.15) is 100 Å². The van der Waals surface area contributed by atoms with Gasteiger partial charge in [-0.1, -0.05) is 75.7 Å². The number of rotatable bonds is 19. The van der Waals surface area contributed by atoms with E-state index in [1.807, 2.05) is 25.1 Å². The number of likely N-dealkylation sites (N-methyl/N-ethyl adjacent to an activating group) is 1. The number of hydrogen-bond acceptors (Lipinski definition) is 13. The van der Waals surface area contributed by atoms with Crippen molar-refractivity contribution in [1.82, 2.24) is 26.2 Å². The Balaban J connectivity index is 1.08. The summed E-state index contributed by atoms with van der Waals surface area (Å²) in [6.45, 7) is 16.2. The molecule has 410 valence electrons. The minimum absolute atomic E-state index is 0.0111. The molecule has 6 bridgehead atoms. The topological polar surface area (TPSA) is 264 Å². The standard InChI is InChI=1S/C58H76BN9O9/c1-9-10-11-36-12-15-38(16-13-36)39-17-19-40(20-18-39)52(70)67-46(33-62)55(73)68(8)50-41-21-23-48(75-27-25-61)44(30-41)43-28-37(14-22-47(43)74-26-24-60)29-45(66-51(69)34(2)64-54(50)72)53(71)65-35(3)59-76-57(6)49-31-42(56(49,4)5)32-58(57,63-7)77-59/h12-23,28,30,34-35,42,45-46,49-50H,7,9-11,24-27,29,31-33,60-62H2,1-6,8H3,(H,64,72)(H,65,71)(H,66,69)(H,67,70)/t34-,35-,42-,45-,46-,49-,50-,57-,58+/m0/s1. The van der Waals surface area contributed by atoms with E-state index in [0.717, 1.165) is 36.8 Å². The van der Waals surface area contributed by atoms with Crippen LogP contribution in [0.25, 0.3) is 22.3 Å². The average molecular weight is 1050 g/mol. The molecule has 4 aromatic rings. The van der Waals surface area contributed by atoms with E-state index in [9.17, 15) is 24.0 Å². The van der Waals surface area contributed by atoms with Crippen molar-refractivity contribution in [2.75, 3.05) is 39.9 Å². The first-order chi connectivity index (χ1) is 36.8. The van der Waals surface area contributed by atoms with Gasteiger partial charge in [-0.25, -0.2) is 0 Å². The molecule has 4 aromatic carbocycles. The summed E-state index contributed by atoms with van der Waals surface area (Å²) in [5.41, 5.74) is 21.8. The Morgan fingerprint density at radius 2 is 1.51 bits per heavy atom. The van der Waals surface area contributed by atoms with E-state index < -0.39 is 78.1 Å². The monoisotopic (exact) mass is 1050 g/mol. The van der Waals surface area contributed by atoms with E-state index >= 15 is 0 Å². The number of aryl methyl sites for hydroxylation is 1. The largest absolute Gasteiger partial charge is 0.492 e. The Labute approximate surface area is 452 Å². The lowest BCUT2D eigenvalue weighted by molar-refractivity contribution is -0.237. The molecule has 3 saturated carbocycles. The van der Waals surface area contributed by atoms with Crippen molar-refractivity contribution in [3.05, 3.63) is 107 Å². The molecule has 9 atom stereocenters. The highest BCUT2D eigenvalue weighted by atomic mass is 16.7. The van der Waals surface area contributed by atoms with Gasteiger partial charge >= 0.3 is 7.12 Å². The maximum Gasteiger partial charge on any atom is 0.482 e. The van der Waals surface area contributed by atoms with Crippen LogP contribution in [-0.2, 0) is 41.3 Å². The Morgan fingerprint density at radius 3 is 2.12 bits per heavy atom. The Kier molecular flexibility index (Phi) is 17.3. The Bertz CT molecular complexity index is 2830. The van der Waals surface area contributed by atoms with E-state index in [2.05, 4.69) is 78.0 Å². The highest BCUT2D eigenvalue weighted by Crippen LogP contribution is 2.69. The van der Waals surface area contributed by atoms with Crippen molar-refractivity contribution < 1.29 is 42.8 Å². The van der Waals surface area contributed by atoms with Gasteiger partial charge in [-0.15, -0.1) is 0 Å². The average Bonchev–Trinajstić information content (AvgIpc) is 3.94.